The summed E-state index contributed by atoms with van der Waals surface area (Å²) in [7, 11) is -4.12. The first-order chi connectivity index (χ1) is 17.6. The van der Waals surface area contributed by atoms with Crippen LogP contribution in [0.4, 0.5) is 10.1 Å². The smallest absolute Gasteiger partial charge is 0.264 e. The molecule has 3 aromatic rings. The summed E-state index contributed by atoms with van der Waals surface area (Å²) in [4.78, 5) is 27.9. The molecule has 2 amide bonds. The van der Waals surface area contributed by atoms with E-state index in [1.807, 2.05) is 6.92 Å². The number of hydrogen-bond acceptors (Lipinski definition) is 4. The van der Waals surface area contributed by atoms with Crippen LogP contribution in [0.1, 0.15) is 25.8 Å². The Hall–Kier alpha value is -3.24. The van der Waals surface area contributed by atoms with Gasteiger partial charge in [0.25, 0.3) is 10.0 Å². The summed E-state index contributed by atoms with van der Waals surface area (Å²) in [5, 5.41) is 2.78. The molecule has 0 aromatic heterocycles. The quantitative estimate of drug-likeness (QED) is 0.350. The van der Waals surface area contributed by atoms with Gasteiger partial charge in [-0.25, -0.2) is 12.8 Å². The molecule has 37 heavy (non-hydrogen) atoms. The first-order valence-corrected chi connectivity index (χ1v) is 14.0. The molecule has 0 fully saturated rings. The Balaban J connectivity index is 2.00. The molecule has 0 aliphatic heterocycles. The van der Waals surface area contributed by atoms with E-state index in [9.17, 15) is 22.4 Å². The zero-order valence-corrected chi connectivity index (χ0v) is 23.0. The number of carbonyl (C=O) groups excluding carboxylic acids is 2. The Kier molecular flexibility index (Phi) is 9.82. The Labute approximate surface area is 225 Å². The van der Waals surface area contributed by atoms with E-state index in [1.54, 1.807) is 49.4 Å². The Morgan fingerprint density at radius 1 is 1.00 bits per heavy atom. The van der Waals surface area contributed by atoms with E-state index < -0.39 is 34.3 Å². The molecule has 0 radical (unpaired) electrons. The summed E-state index contributed by atoms with van der Waals surface area (Å²) in [6, 6.07) is 19.2. The molecule has 1 unspecified atom stereocenters. The van der Waals surface area contributed by atoms with E-state index in [0.717, 1.165) is 10.7 Å². The van der Waals surface area contributed by atoms with Crippen molar-refractivity contribution in [1.29, 1.82) is 0 Å². The predicted octanol–water partition coefficient (Wildman–Crippen LogP) is 4.73. The lowest BCUT2D eigenvalue weighted by Gasteiger charge is -2.32. The molecule has 1 N–H and O–H groups in total. The number of halogens is 2. The van der Waals surface area contributed by atoms with Crippen molar-refractivity contribution in [2.45, 2.75) is 37.8 Å². The molecule has 0 bridgehead atoms. The molecule has 0 saturated heterocycles. The van der Waals surface area contributed by atoms with E-state index in [-0.39, 0.29) is 23.0 Å². The second-order valence-corrected chi connectivity index (χ2v) is 11.2. The minimum atomic E-state index is -4.12. The molecule has 0 spiro atoms. The van der Waals surface area contributed by atoms with Gasteiger partial charge in [-0.15, -0.1) is 0 Å². The van der Waals surface area contributed by atoms with Gasteiger partial charge in [-0.3, -0.25) is 13.9 Å². The van der Waals surface area contributed by atoms with Gasteiger partial charge in [0.15, 0.2) is 0 Å². The molecule has 10 heteroatoms. The van der Waals surface area contributed by atoms with Crippen LogP contribution in [-0.2, 0) is 26.2 Å². The Morgan fingerprint density at radius 2 is 1.68 bits per heavy atom. The lowest BCUT2D eigenvalue weighted by Crippen LogP contribution is -2.51. The van der Waals surface area contributed by atoms with Gasteiger partial charge in [0.2, 0.25) is 11.8 Å². The molecule has 0 heterocycles. The molecule has 196 valence electrons. The maximum Gasteiger partial charge on any atom is 0.264 e. The van der Waals surface area contributed by atoms with Gasteiger partial charge in [-0.05, 0) is 61.4 Å². The van der Waals surface area contributed by atoms with Crippen molar-refractivity contribution in [3.63, 3.8) is 0 Å². The first-order valence-electron chi connectivity index (χ1n) is 11.8. The third-order valence-electron chi connectivity index (χ3n) is 5.69. The van der Waals surface area contributed by atoms with E-state index in [4.69, 9.17) is 0 Å². The number of carbonyl (C=O) groups is 2. The number of anilines is 1. The van der Waals surface area contributed by atoms with Crippen LogP contribution in [0.15, 0.2) is 88.2 Å². The lowest BCUT2D eigenvalue weighted by atomic mass is 10.1. The van der Waals surface area contributed by atoms with Crippen LogP contribution in [0, 0.1) is 5.82 Å². The summed E-state index contributed by atoms with van der Waals surface area (Å²) < 4.78 is 42.5. The van der Waals surface area contributed by atoms with Crippen molar-refractivity contribution < 1.29 is 22.4 Å². The molecule has 0 saturated carbocycles. The average Bonchev–Trinajstić information content (AvgIpc) is 2.89. The van der Waals surface area contributed by atoms with Crippen LogP contribution in [0.3, 0.4) is 0 Å². The standard InChI is InChI=1S/C27H29BrFN3O4S/c1-3-16-30-27(34)20(2)31(18-21-12-14-23(29)15-13-21)26(33)19-32(24-9-7-8-22(28)17-24)37(35,36)25-10-5-4-6-11-25/h4-15,17,20H,3,16,18-19H2,1-2H3,(H,30,34). The maximum absolute atomic E-state index is 13.7. The van der Waals surface area contributed by atoms with Crippen LogP contribution in [-0.4, -0.2) is 44.3 Å². The Bertz CT molecular complexity index is 1320. The topological polar surface area (TPSA) is 86.8 Å². The molecule has 3 rings (SSSR count). The zero-order valence-electron chi connectivity index (χ0n) is 20.6. The summed E-state index contributed by atoms with van der Waals surface area (Å²) in [6.45, 7) is 3.39. The highest BCUT2D eigenvalue weighted by Crippen LogP contribution is 2.27. The van der Waals surface area contributed by atoms with Gasteiger partial charge in [0.05, 0.1) is 10.6 Å². The lowest BCUT2D eigenvalue weighted by molar-refractivity contribution is -0.139. The summed E-state index contributed by atoms with van der Waals surface area (Å²) >= 11 is 3.36. The number of amides is 2. The summed E-state index contributed by atoms with van der Waals surface area (Å²) in [5.41, 5.74) is 0.890. The summed E-state index contributed by atoms with van der Waals surface area (Å²) in [6.07, 6.45) is 0.719. The third-order valence-corrected chi connectivity index (χ3v) is 7.97. The van der Waals surface area contributed by atoms with Crippen LogP contribution in [0.2, 0.25) is 0 Å². The van der Waals surface area contributed by atoms with Crippen molar-refractivity contribution in [2.24, 2.45) is 0 Å². The fraction of sp³-hybridized carbons (Fsp3) is 0.259. The Morgan fingerprint density at radius 3 is 2.30 bits per heavy atom. The number of nitrogens with zero attached hydrogens (tertiary/aromatic N) is 2. The van der Waals surface area contributed by atoms with Crippen molar-refractivity contribution in [3.8, 4) is 0 Å². The molecule has 0 aliphatic rings. The third kappa shape index (κ3) is 7.39. The SMILES string of the molecule is CCCNC(=O)C(C)N(Cc1ccc(F)cc1)C(=O)CN(c1cccc(Br)c1)S(=O)(=O)c1ccccc1. The van der Waals surface area contributed by atoms with Gasteiger partial charge in [0, 0.05) is 17.6 Å². The molecular formula is C27H29BrFN3O4S. The first kappa shape index (κ1) is 28.3. The fourth-order valence-electron chi connectivity index (χ4n) is 3.64. The minimum Gasteiger partial charge on any atom is -0.354 e. The summed E-state index contributed by atoms with van der Waals surface area (Å²) in [5.74, 6) is -1.37. The monoisotopic (exact) mass is 589 g/mol. The van der Waals surface area contributed by atoms with Crippen LogP contribution < -0.4 is 9.62 Å². The molecule has 7 nitrogen and oxygen atoms in total. The number of nitrogens with one attached hydrogen (secondary N) is 1. The average molecular weight is 591 g/mol. The predicted molar refractivity (Wildman–Crippen MR) is 145 cm³/mol. The fourth-order valence-corrected chi connectivity index (χ4v) is 5.46. The van der Waals surface area contributed by atoms with E-state index in [2.05, 4.69) is 21.2 Å². The highest BCUT2D eigenvalue weighted by atomic mass is 79.9. The van der Waals surface area contributed by atoms with Crippen LogP contribution in [0.25, 0.3) is 0 Å². The second-order valence-electron chi connectivity index (χ2n) is 8.42. The number of sulfonamides is 1. The van der Waals surface area contributed by atoms with Gasteiger partial charge in [-0.1, -0.05) is 59.3 Å². The second kappa shape index (κ2) is 12.8. The van der Waals surface area contributed by atoms with Crippen molar-refractivity contribution in [3.05, 3.63) is 94.7 Å². The van der Waals surface area contributed by atoms with Crippen molar-refractivity contribution in [2.75, 3.05) is 17.4 Å². The highest BCUT2D eigenvalue weighted by molar-refractivity contribution is 9.10. The molecular weight excluding hydrogens is 561 g/mol. The van der Waals surface area contributed by atoms with Crippen molar-refractivity contribution >= 4 is 43.5 Å². The zero-order chi connectivity index (χ0) is 27.0. The van der Waals surface area contributed by atoms with E-state index in [0.29, 0.717) is 16.6 Å². The normalized spacial score (nSPS) is 12.0. The number of benzene rings is 3. The van der Waals surface area contributed by atoms with Gasteiger partial charge < -0.3 is 10.2 Å². The van der Waals surface area contributed by atoms with Crippen LogP contribution >= 0.6 is 15.9 Å². The van der Waals surface area contributed by atoms with Gasteiger partial charge in [0.1, 0.15) is 18.4 Å². The largest absolute Gasteiger partial charge is 0.354 e. The number of hydrogen-bond donors (Lipinski definition) is 1. The van der Waals surface area contributed by atoms with E-state index in [1.165, 1.54) is 41.3 Å². The number of rotatable bonds is 11. The maximum atomic E-state index is 13.7. The molecule has 0 aliphatic carbocycles. The van der Waals surface area contributed by atoms with E-state index >= 15 is 0 Å². The highest BCUT2D eigenvalue weighted by Gasteiger charge is 2.32. The molecule has 1 atom stereocenters. The minimum absolute atomic E-state index is 0.00245. The molecule has 3 aromatic carbocycles. The van der Waals surface area contributed by atoms with Gasteiger partial charge in [-0.2, -0.15) is 0 Å². The van der Waals surface area contributed by atoms with Gasteiger partial charge >= 0.3 is 0 Å². The van der Waals surface area contributed by atoms with Crippen molar-refractivity contribution in [1.82, 2.24) is 10.2 Å². The van der Waals surface area contributed by atoms with Crippen LogP contribution in [0.5, 0.6) is 0 Å².